The molecule has 4 aromatic rings. The van der Waals surface area contributed by atoms with Gasteiger partial charge in [0.25, 0.3) is 5.91 Å². The van der Waals surface area contributed by atoms with Crippen molar-refractivity contribution in [1.29, 1.82) is 0 Å². The SMILES string of the molecule is Cc1ccc(OCc2cccc(C(=O)Nc3n[nH]c(-c4ccc(C)o4)n3)c2)cn1. The lowest BCUT2D eigenvalue weighted by Gasteiger charge is -2.07. The molecule has 3 aromatic heterocycles. The summed E-state index contributed by atoms with van der Waals surface area (Å²) in [6.07, 6.45) is 1.67. The summed E-state index contributed by atoms with van der Waals surface area (Å²) in [4.78, 5) is 21.0. The number of pyridine rings is 1. The lowest BCUT2D eigenvalue weighted by atomic mass is 10.1. The highest BCUT2D eigenvalue weighted by molar-refractivity contribution is 6.03. The highest BCUT2D eigenvalue weighted by Crippen LogP contribution is 2.19. The van der Waals surface area contributed by atoms with E-state index in [1.807, 2.05) is 38.1 Å². The van der Waals surface area contributed by atoms with E-state index >= 15 is 0 Å². The van der Waals surface area contributed by atoms with Gasteiger partial charge in [-0.15, -0.1) is 5.10 Å². The minimum atomic E-state index is -0.315. The molecule has 3 heterocycles. The summed E-state index contributed by atoms with van der Waals surface area (Å²) < 4.78 is 11.2. The van der Waals surface area contributed by atoms with E-state index in [2.05, 4.69) is 25.5 Å². The smallest absolute Gasteiger partial charge is 0.258 e. The van der Waals surface area contributed by atoms with E-state index in [1.165, 1.54) is 0 Å². The number of benzene rings is 1. The Kier molecular flexibility index (Phi) is 5.07. The van der Waals surface area contributed by atoms with Crippen molar-refractivity contribution in [2.24, 2.45) is 0 Å². The summed E-state index contributed by atoms with van der Waals surface area (Å²) in [5.74, 6) is 2.30. The molecule has 0 saturated carbocycles. The van der Waals surface area contributed by atoms with Gasteiger partial charge in [0, 0.05) is 11.3 Å². The highest BCUT2D eigenvalue weighted by Gasteiger charge is 2.13. The molecule has 1 aromatic carbocycles. The van der Waals surface area contributed by atoms with Crippen molar-refractivity contribution in [2.75, 3.05) is 5.32 Å². The van der Waals surface area contributed by atoms with E-state index in [1.54, 1.807) is 30.5 Å². The van der Waals surface area contributed by atoms with Crippen molar-refractivity contribution >= 4 is 11.9 Å². The molecule has 0 unspecified atom stereocenters. The summed E-state index contributed by atoms with van der Waals surface area (Å²) in [6.45, 7) is 4.09. The second kappa shape index (κ2) is 7.97. The highest BCUT2D eigenvalue weighted by atomic mass is 16.5. The Balaban J connectivity index is 1.40. The molecule has 4 rings (SSSR count). The lowest BCUT2D eigenvalue weighted by molar-refractivity contribution is 0.102. The maximum absolute atomic E-state index is 12.5. The average molecular weight is 389 g/mol. The van der Waals surface area contributed by atoms with Gasteiger partial charge >= 0.3 is 0 Å². The molecule has 0 aliphatic heterocycles. The molecule has 0 fully saturated rings. The average Bonchev–Trinajstić information content (AvgIpc) is 3.36. The van der Waals surface area contributed by atoms with Crippen LogP contribution in [0.1, 0.15) is 27.4 Å². The van der Waals surface area contributed by atoms with Crippen molar-refractivity contribution in [1.82, 2.24) is 20.2 Å². The first-order valence-corrected chi connectivity index (χ1v) is 9.02. The van der Waals surface area contributed by atoms with Gasteiger partial charge in [0.15, 0.2) is 11.6 Å². The number of hydrogen-bond acceptors (Lipinski definition) is 6. The molecule has 2 N–H and O–H groups in total. The number of nitrogens with zero attached hydrogens (tertiary/aromatic N) is 3. The number of amides is 1. The number of carbonyl (C=O) groups excluding carboxylic acids is 1. The van der Waals surface area contributed by atoms with E-state index in [9.17, 15) is 4.79 Å². The third-order valence-electron chi connectivity index (χ3n) is 4.16. The first-order valence-electron chi connectivity index (χ1n) is 9.02. The zero-order valence-electron chi connectivity index (χ0n) is 16.0. The number of rotatable bonds is 6. The molecule has 1 amide bonds. The van der Waals surface area contributed by atoms with Crippen molar-refractivity contribution in [2.45, 2.75) is 20.5 Å². The van der Waals surface area contributed by atoms with Crippen LogP contribution in [-0.2, 0) is 6.61 Å². The van der Waals surface area contributed by atoms with Gasteiger partial charge in [-0.25, -0.2) is 0 Å². The minimum absolute atomic E-state index is 0.173. The Morgan fingerprint density at radius 3 is 2.83 bits per heavy atom. The fraction of sp³-hybridized carbons (Fsp3) is 0.143. The van der Waals surface area contributed by atoms with Gasteiger partial charge < -0.3 is 9.15 Å². The molecule has 29 heavy (non-hydrogen) atoms. The van der Waals surface area contributed by atoms with Gasteiger partial charge in [-0.3, -0.25) is 20.2 Å². The first kappa shape index (κ1) is 18.4. The molecule has 146 valence electrons. The van der Waals surface area contributed by atoms with Gasteiger partial charge in [-0.2, -0.15) is 4.98 Å². The Labute approximate surface area is 167 Å². The van der Waals surface area contributed by atoms with Gasteiger partial charge in [0.05, 0.1) is 6.20 Å². The zero-order valence-corrected chi connectivity index (χ0v) is 16.0. The number of furan rings is 1. The minimum Gasteiger partial charge on any atom is -0.487 e. The monoisotopic (exact) mass is 389 g/mol. The van der Waals surface area contributed by atoms with Crippen LogP contribution < -0.4 is 10.1 Å². The third-order valence-corrected chi connectivity index (χ3v) is 4.16. The standard InChI is InChI=1S/C21H19N5O3/c1-13-6-8-17(11-22-13)28-12-15-4-3-5-16(10-15)20(27)24-21-23-19(25-26-21)18-9-7-14(2)29-18/h3-11H,12H2,1-2H3,(H2,23,24,25,26,27). The van der Waals surface area contributed by atoms with Crippen molar-refractivity contribution < 1.29 is 13.9 Å². The topological polar surface area (TPSA) is 106 Å². The number of aromatic amines is 1. The first-order chi connectivity index (χ1) is 14.1. The third kappa shape index (κ3) is 4.49. The van der Waals surface area contributed by atoms with E-state index in [0.717, 1.165) is 17.0 Å². The van der Waals surface area contributed by atoms with Crippen LogP contribution >= 0.6 is 0 Å². The van der Waals surface area contributed by atoms with E-state index in [-0.39, 0.29) is 11.9 Å². The number of hydrogen-bond donors (Lipinski definition) is 2. The zero-order chi connectivity index (χ0) is 20.2. The summed E-state index contributed by atoms with van der Waals surface area (Å²) >= 11 is 0. The second-order valence-corrected chi connectivity index (χ2v) is 6.50. The predicted octanol–water partition coefficient (Wildman–Crippen LogP) is 3.91. The van der Waals surface area contributed by atoms with Crippen LogP contribution in [0.5, 0.6) is 5.75 Å². The van der Waals surface area contributed by atoms with Crippen LogP contribution in [0.3, 0.4) is 0 Å². The number of aryl methyl sites for hydroxylation is 2. The molecular formula is C21H19N5O3. The molecule has 8 nitrogen and oxygen atoms in total. The van der Waals surface area contributed by atoms with Gasteiger partial charge in [0.1, 0.15) is 18.1 Å². The number of anilines is 1. The fourth-order valence-electron chi connectivity index (χ4n) is 2.67. The fourth-order valence-corrected chi connectivity index (χ4v) is 2.67. The molecule has 0 aliphatic rings. The summed E-state index contributed by atoms with van der Waals surface area (Å²) in [6, 6.07) is 14.5. The van der Waals surface area contributed by atoms with Crippen LogP contribution in [0.4, 0.5) is 5.95 Å². The molecule has 0 bridgehead atoms. The van der Waals surface area contributed by atoms with Crippen LogP contribution in [0.2, 0.25) is 0 Å². The molecule has 0 spiro atoms. The Bertz CT molecular complexity index is 1130. The lowest BCUT2D eigenvalue weighted by Crippen LogP contribution is -2.13. The Hall–Kier alpha value is -3.94. The van der Waals surface area contributed by atoms with Crippen LogP contribution in [0.15, 0.2) is 59.1 Å². The number of carbonyl (C=O) groups is 1. The van der Waals surface area contributed by atoms with Crippen molar-refractivity contribution in [3.8, 4) is 17.3 Å². The molecule has 0 saturated heterocycles. The maximum Gasteiger partial charge on any atom is 0.258 e. The molecule has 0 aliphatic carbocycles. The number of H-pyrrole nitrogens is 1. The Morgan fingerprint density at radius 1 is 1.17 bits per heavy atom. The number of aromatic nitrogens is 4. The maximum atomic E-state index is 12.5. The summed E-state index contributed by atoms with van der Waals surface area (Å²) in [5.41, 5.74) is 2.27. The largest absolute Gasteiger partial charge is 0.487 e. The predicted molar refractivity (Wildman–Crippen MR) is 107 cm³/mol. The van der Waals surface area contributed by atoms with Gasteiger partial charge in [-0.1, -0.05) is 12.1 Å². The van der Waals surface area contributed by atoms with Crippen molar-refractivity contribution in [3.05, 3.63) is 77.3 Å². The van der Waals surface area contributed by atoms with E-state index < -0.39 is 0 Å². The van der Waals surface area contributed by atoms with Crippen LogP contribution in [-0.4, -0.2) is 26.1 Å². The van der Waals surface area contributed by atoms with E-state index in [0.29, 0.717) is 29.5 Å². The van der Waals surface area contributed by atoms with Gasteiger partial charge in [-0.05, 0) is 55.8 Å². The van der Waals surface area contributed by atoms with E-state index in [4.69, 9.17) is 9.15 Å². The van der Waals surface area contributed by atoms with Crippen LogP contribution in [0, 0.1) is 13.8 Å². The van der Waals surface area contributed by atoms with Gasteiger partial charge in [0.2, 0.25) is 5.95 Å². The summed E-state index contributed by atoms with van der Waals surface area (Å²) in [7, 11) is 0. The molecule has 0 atom stereocenters. The molecule has 8 heteroatoms. The van der Waals surface area contributed by atoms with Crippen LogP contribution in [0.25, 0.3) is 11.6 Å². The molecule has 0 radical (unpaired) electrons. The van der Waals surface area contributed by atoms with Crippen molar-refractivity contribution in [3.63, 3.8) is 0 Å². The molecular weight excluding hydrogens is 370 g/mol. The summed E-state index contributed by atoms with van der Waals surface area (Å²) in [5, 5.41) is 9.44. The Morgan fingerprint density at radius 2 is 2.07 bits per heavy atom. The number of nitrogens with one attached hydrogen (secondary N) is 2. The quantitative estimate of drug-likeness (QED) is 0.518. The second-order valence-electron chi connectivity index (χ2n) is 6.50. The number of ether oxygens (including phenoxy) is 1. The normalized spacial score (nSPS) is 10.7.